The summed E-state index contributed by atoms with van der Waals surface area (Å²) in [5, 5.41) is 0. The predicted molar refractivity (Wildman–Crippen MR) is 112 cm³/mol. The van der Waals surface area contributed by atoms with E-state index in [0.29, 0.717) is 0 Å². The van der Waals surface area contributed by atoms with Crippen LogP contribution in [0.3, 0.4) is 0 Å². The first-order valence-electron chi connectivity index (χ1n) is 8.17. The van der Waals surface area contributed by atoms with Crippen molar-refractivity contribution < 1.29 is 4.79 Å². The number of carbonyl (C=O) groups excluding carboxylic acids is 1. The molecule has 0 saturated heterocycles. The van der Waals surface area contributed by atoms with E-state index >= 15 is 0 Å². The first-order valence-corrected chi connectivity index (χ1v) is 13.0. The molecular weight excluding hydrogens is 391 g/mol. The van der Waals surface area contributed by atoms with E-state index in [9.17, 15) is 4.79 Å². The van der Waals surface area contributed by atoms with E-state index in [1.165, 1.54) is 8.92 Å². The first-order chi connectivity index (χ1) is 12.2. The average molecular weight is 413 g/mol. The number of carbonyl (C=O) groups is 1. The van der Waals surface area contributed by atoms with E-state index in [4.69, 9.17) is 0 Å². The molecule has 1 unspecified atom stereocenters. The summed E-state index contributed by atoms with van der Waals surface area (Å²) in [6.07, 6.45) is 4.40. The van der Waals surface area contributed by atoms with Crippen molar-refractivity contribution in [2.45, 2.75) is 4.15 Å². The molecule has 0 fully saturated rings. The minimum atomic E-state index is -1.51. The van der Waals surface area contributed by atoms with E-state index in [1.54, 1.807) is 0 Å². The van der Waals surface area contributed by atoms with Crippen LogP contribution in [0.5, 0.6) is 0 Å². The van der Waals surface area contributed by atoms with Crippen LogP contribution in [0.2, 0.25) is 0 Å². The second-order valence-electron chi connectivity index (χ2n) is 5.91. The van der Waals surface area contributed by atoms with Crippen molar-refractivity contribution in [3.8, 4) is 0 Å². The van der Waals surface area contributed by atoms with Crippen molar-refractivity contribution in [3.63, 3.8) is 0 Å². The molecule has 0 heterocycles. The Bertz CT molecular complexity index is 764. The summed E-state index contributed by atoms with van der Waals surface area (Å²) in [6.45, 7) is 0. The molecule has 0 amide bonds. The third-order valence-electron chi connectivity index (χ3n) is 3.91. The molecule has 126 valence electrons. The van der Waals surface area contributed by atoms with Gasteiger partial charge in [0.15, 0.2) is 0 Å². The Labute approximate surface area is 157 Å². The fourth-order valence-electron chi connectivity index (χ4n) is 2.77. The molecule has 3 heteroatoms. The Balaban J connectivity index is 2.10. The van der Waals surface area contributed by atoms with E-state index < -0.39 is 13.9 Å². The molecule has 0 aliphatic rings. The van der Waals surface area contributed by atoms with Crippen LogP contribution in [0, 0.1) is 0 Å². The molecule has 0 aromatic heterocycles. The standard InChI is InChI=1S/C22H22OSSe/c1-24(2)22(21(23)18-12-6-3-7-13-18)25(19-14-8-4-9-15-19)20-16-10-5-11-17-20/h3-17,22H,1-2H3/q+2. The predicted octanol–water partition coefficient (Wildman–Crippen LogP) is 2.96. The Morgan fingerprint density at radius 1 is 0.720 bits per heavy atom. The summed E-state index contributed by atoms with van der Waals surface area (Å²) in [5.41, 5.74) is 0.828. The molecule has 0 spiro atoms. The van der Waals surface area contributed by atoms with Gasteiger partial charge in [0.1, 0.15) is 0 Å². The molecule has 3 aromatic rings. The van der Waals surface area contributed by atoms with Gasteiger partial charge in [0.25, 0.3) is 0 Å². The molecule has 0 aliphatic heterocycles. The Hall–Kier alpha value is -1.80. The van der Waals surface area contributed by atoms with Crippen molar-refractivity contribution in [2.24, 2.45) is 0 Å². The van der Waals surface area contributed by atoms with Gasteiger partial charge in [-0.2, -0.15) is 0 Å². The van der Waals surface area contributed by atoms with Gasteiger partial charge in [-0.15, -0.1) is 0 Å². The maximum absolute atomic E-state index is 13.4. The van der Waals surface area contributed by atoms with Gasteiger partial charge < -0.3 is 0 Å². The number of hydrogen-bond donors (Lipinski definition) is 0. The van der Waals surface area contributed by atoms with Gasteiger partial charge in [0, 0.05) is 0 Å². The van der Waals surface area contributed by atoms with Gasteiger partial charge in [0.05, 0.1) is 0 Å². The normalized spacial score (nSPS) is 12.3. The number of benzene rings is 3. The van der Waals surface area contributed by atoms with Crippen LogP contribution in [-0.2, 0) is 10.9 Å². The average Bonchev–Trinajstić information content (AvgIpc) is 2.67. The van der Waals surface area contributed by atoms with Crippen LogP contribution in [-0.4, -0.2) is 36.3 Å². The molecule has 25 heavy (non-hydrogen) atoms. The Morgan fingerprint density at radius 3 is 1.52 bits per heavy atom. The van der Waals surface area contributed by atoms with Gasteiger partial charge in [-0.1, -0.05) is 0 Å². The SMILES string of the molecule is C[S+](C)C(C(=O)c1ccccc1)[Se+](c1ccccc1)c1ccccc1. The molecule has 3 aromatic carbocycles. The van der Waals surface area contributed by atoms with Crippen LogP contribution < -0.4 is 8.92 Å². The minimum absolute atomic E-state index is 0.00898. The Morgan fingerprint density at radius 2 is 1.12 bits per heavy atom. The molecule has 1 nitrogen and oxygen atoms in total. The molecule has 0 saturated carbocycles. The maximum atomic E-state index is 13.4. The quantitative estimate of drug-likeness (QED) is 0.345. The van der Waals surface area contributed by atoms with E-state index in [0.717, 1.165) is 5.56 Å². The van der Waals surface area contributed by atoms with Crippen molar-refractivity contribution in [1.29, 1.82) is 0 Å². The van der Waals surface area contributed by atoms with E-state index in [1.807, 2.05) is 42.5 Å². The van der Waals surface area contributed by atoms with Gasteiger partial charge in [-0.25, -0.2) is 0 Å². The van der Waals surface area contributed by atoms with E-state index in [-0.39, 0.29) is 20.8 Å². The van der Waals surface area contributed by atoms with Gasteiger partial charge in [-0.05, 0) is 0 Å². The molecule has 1 atom stereocenters. The third kappa shape index (κ3) is 4.24. The van der Waals surface area contributed by atoms with Crippen LogP contribution in [0.1, 0.15) is 10.4 Å². The zero-order chi connectivity index (χ0) is 17.6. The number of ketones is 1. The first kappa shape index (κ1) is 18.0. The van der Waals surface area contributed by atoms with Gasteiger partial charge >= 0.3 is 158 Å². The zero-order valence-electron chi connectivity index (χ0n) is 14.5. The summed E-state index contributed by atoms with van der Waals surface area (Å²) >= 11 is -1.51. The molecule has 0 radical (unpaired) electrons. The van der Waals surface area contributed by atoms with Crippen LogP contribution in [0.25, 0.3) is 0 Å². The molecular formula is C22H22OSSe+2. The van der Waals surface area contributed by atoms with Crippen molar-refractivity contribution >= 4 is 39.5 Å². The zero-order valence-corrected chi connectivity index (χ0v) is 17.0. The molecule has 3 rings (SSSR count). The second-order valence-corrected chi connectivity index (χ2v) is 13.2. The summed E-state index contributed by atoms with van der Waals surface area (Å²) in [7, 11) is -0.00898. The van der Waals surface area contributed by atoms with Crippen molar-refractivity contribution in [1.82, 2.24) is 0 Å². The molecule has 0 aliphatic carbocycles. The second kappa shape index (κ2) is 8.53. The van der Waals surface area contributed by atoms with E-state index in [2.05, 4.69) is 61.0 Å². The summed E-state index contributed by atoms with van der Waals surface area (Å²) in [5.74, 6) is 0.284. The summed E-state index contributed by atoms with van der Waals surface area (Å²) < 4.78 is 2.69. The number of Topliss-reactive ketones (excluding diaryl/α,β-unsaturated/α-hetero) is 1. The molecule has 0 N–H and O–H groups in total. The fourth-order valence-corrected chi connectivity index (χ4v) is 11.5. The summed E-state index contributed by atoms with van der Waals surface area (Å²) in [6, 6.07) is 31.0. The van der Waals surface area contributed by atoms with Crippen molar-refractivity contribution in [3.05, 3.63) is 96.6 Å². The monoisotopic (exact) mass is 414 g/mol. The summed E-state index contributed by atoms with van der Waals surface area (Å²) in [4.78, 5) is 13.4. The Kier molecular flexibility index (Phi) is 6.14. The number of hydrogen-bond acceptors (Lipinski definition) is 1. The van der Waals surface area contributed by atoms with Crippen molar-refractivity contribution in [2.75, 3.05) is 12.5 Å². The van der Waals surface area contributed by atoms with Crippen LogP contribution in [0.4, 0.5) is 0 Å². The van der Waals surface area contributed by atoms with Gasteiger partial charge in [-0.3, -0.25) is 0 Å². The van der Waals surface area contributed by atoms with Gasteiger partial charge in [0.2, 0.25) is 0 Å². The topological polar surface area (TPSA) is 17.1 Å². The number of rotatable bonds is 6. The fraction of sp³-hybridized carbons (Fsp3) is 0.136. The molecule has 0 bridgehead atoms. The van der Waals surface area contributed by atoms with Crippen LogP contribution in [0.15, 0.2) is 91.0 Å². The van der Waals surface area contributed by atoms with Crippen LogP contribution >= 0.6 is 0 Å². The third-order valence-corrected chi connectivity index (χ3v) is 13.0.